The first-order valence-electron chi connectivity index (χ1n) is 6.67. The summed E-state index contributed by atoms with van der Waals surface area (Å²) in [6.45, 7) is 7.47. The number of hydrogen-bond acceptors (Lipinski definition) is 3. The standard InChI is InChI=1S/C14H25NO2/c1-4-7-13(15-10-5-2)14(17-6-3)8-11-16-12-9-14/h1,13,15H,5-12H2,2-3H3. The highest BCUT2D eigenvalue weighted by Gasteiger charge is 2.40. The molecule has 0 aliphatic carbocycles. The smallest absolute Gasteiger partial charge is 0.0887 e. The molecule has 1 heterocycles. The Hall–Kier alpha value is -0.560. The van der Waals surface area contributed by atoms with Crippen molar-refractivity contribution in [3.63, 3.8) is 0 Å². The maximum Gasteiger partial charge on any atom is 0.0887 e. The second-order valence-electron chi connectivity index (χ2n) is 4.53. The van der Waals surface area contributed by atoms with E-state index in [9.17, 15) is 0 Å². The molecule has 17 heavy (non-hydrogen) atoms. The molecule has 1 rings (SSSR count). The maximum atomic E-state index is 6.04. The minimum atomic E-state index is -0.130. The predicted molar refractivity (Wildman–Crippen MR) is 69.9 cm³/mol. The summed E-state index contributed by atoms with van der Waals surface area (Å²) in [4.78, 5) is 0. The van der Waals surface area contributed by atoms with Crippen molar-refractivity contribution in [3.8, 4) is 12.3 Å². The van der Waals surface area contributed by atoms with Gasteiger partial charge in [0.1, 0.15) is 0 Å². The van der Waals surface area contributed by atoms with Gasteiger partial charge in [0.2, 0.25) is 0 Å². The number of terminal acetylenes is 1. The van der Waals surface area contributed by atoms with E-state index < -0.39 is 0 Å². The predicted octanol–water partition coefficient (Wildman–Crippen LogP) is 1.96. The lowest BCUT2D eigenvalue weighted by Gasteiger charge is -2.43. The lowest BCUT2D eigenvalue weighted by Crippen LogP contribution is -2.55. The minimum absolute atomic E-state index is 0.130. The minimum Gasteiger partial charge on any atom is -0.381 e. The zero-order chi connectivity index (χ0) is 12.6. The Morgan fingerprint density at radius 3 is 2.65 bits per heavy atom. The SMILES string of the molecule is C#CCC(NCCC)C1(OCC)CCOCC1. The van der Waals surface area contributed by atoms with Crippen LogP contribution in [0.4, 0.5) is 0 Å². The Labute approximate surface area is 105 Å². The summed E-state index contributed by atoms with van der Waals surface area (Å²) in [7, 11) is 0. The summed E-state index contributed by atoms with van der Waals surface area (Å²) in [6, 6.07) is 0.247. The van der Waals surface area contributed by atoms with Crippen molar-refractivity contribution >= 4 is 0 Å². The van der Waals surface area contributed by atoms with E-state index >= 15 is 0 Å². The van der Waals surface area contributed by atoms with Gasteiger partial charge in [-0.2, -0.15) is 0 Å². The van der Waals surface area contributed by atoms with Crippen LogP contribution in [-0.2, 0) is 9.47 Å². The molecule has 0 radical (unpaired) electrons. The number of nitrogens with one attached hydrogen (secondary N) is 1. The van der Waals surface area contributed by atoms with Gasteiger partial charge in [0.05, 0.1) is 5.60 Å². The summed E-state index contributed by atoms with van der Waals surface area (Å²) >= 11 is 0. The zero-order valence-electron chi connectivity index (χ0n) is 11.1. The van der Waals surface area contributed by atoms with E-state index in [0.29, 0.717) is 0 Å². The summed E-state index contributed by atoms with van der Waals surface area (Å²) in [6.07, 6.45) is 9.19. The van der Waals surface area contributed by atoms with Crippen molar-refractivity contribution < 1.29 is 9.47 Å². The summed E-state index contributed by atoms with van der Waals surface area (Å²) in [5.41, 5.74) is -0.130. The molecule has 0 aromatic carbocycles. The van der Waals surface area contributed by atoms with E-state index in [0.717, 1.165) is 52.0 Å². The van der Waals surface area contributed by atoms with Crippen LogP contribution < -0.4 is 5.32 Å². The van der Waals surface area contributed by atoms with Gasteiger partial charge in [-0.15, -0.1) is 12.3 Å². The van der Waals surface area contributed by atoms with Crippen molar-refractivity contribution in [1.82, 2.24) is 5.32 Å². The third-order valence-corrected chi connectivity index (χ3v) is 3.37. The third kappa shape index (κ3) is 3.99. The van der Waals surface area contributed by atoms with E-state index in [1.807, 2.05) is 6.92 Å². The van der Waals surface area contributed by atoms with Crippen molar-refractivity contribution in [1.29, 1.82) is 0 Å². The van der Waals surface area contributed by atoms with Gasteiger partial charge < -0.3 is 14.8 Å². The Bertz CT molecular complexity index is 236. The molecule has 0 spiro atoms. The molecule has 1 aliphatic rings. The maximum absolute atomic E-state index is 6.04. The van der Waals surface area contributed by atoms with E-state index in [4.69, 9.17) is 15.9 Å². The quantitative estimate of drug-likeness (QED) is 0.689. The summed E-state index contributed by atoms with van der Waals surface area (Å²) < 4.78 is 11.5. The highest BCUT2D eigenvalue weighted by Crippen LogP contribution is 2.30. The topological polar surface area (TPSA) is 30.5 Å². The molecule has 0 saturated carbocycles. The highest BCUT2D eigenvalue weighted by atomic mass is 16.5. The molecule has 1 unspecified atom stereocenters. The molecule has 1 fully saturated rings. The molecule has 1 aliphatic heterocycles. The van der Waals surface area contributed by atoms with Crippen LogP contribution in [0.15, 0.2) is 0 Å². The lowest BCUT2D eigenvalue weighted by atomic mass is 9.84. The highest BCUT2D eigenvalue weighted by molar-refractivity contribution is 5.02. The summed E-state index contributed by atoms with van der Waals surface area (Å²) in [5.74, 6) is 2.77. The molecule has 3 nitrogen and oxygen atoms in total. The number of rotatable bonds is 7. The largest absolute Gasteiger partial charge is 0.381 e. The Morgan fingerprint density at radius 1 is 1.41 bits per heavy atom. The van der Waals surface area contributed by atoms with E-state index in [1.165, 1.54) is 0 Å². The van der Waals surface area contributed by atoms with Crippen LogP contribution in [0.25, 0.3) is 0 Å². The number of ether oxygens (including phenoxy) is 2. The molecule has 0 aromatic rings. The molecule has 3 heteroatoms. The first-order chi connectivity index (χ1) is 8.29. The van der Waals surface area contributed by atoms with Gasteiger partial charge in [-0.25, -0.2) is 0 Å². The Morgan fingerprint density at radius 2 is 2.12 bits per heavy atom. The van der Waals surface area contributed by atoms with Crippen LogP contribution in [0.1, 0.15) is 39.5 Å². The van der Waals surface area contributed by atoms with Gasteiger partial charge in [0, 0.05) is 45.1 Å². The van der Waals surface area contributed by atoms with Gasteiger partial charge in [0.25, 0.3) is 0 Å². The second kappa shape index (κ2) is 7.71. The van der Waals surface area contributed by atoms with Crippen LogP contribution >= 0.6 is 0 Å². The Kier molecular flexibility index (Phi) is 6.57. The molecule has 1 N–H and O–H groups in total. The molecule has 0 amide bonds. The number of hydrogen-bond donors (Lipinski definition) is 1. The van der Waals surface area contributed by atoms with E-state index in [2.05, 4.69) is 18.2 Å². The van der Waals surface area contributed by atoms with E-state index in [-0.39, 0.29) is 11.6 Å². The van der Waals surface area contributed by atoms with Crippen LogP contribution in [0.2, 0.25) is 0 Å². The fraction of sp³-hybridized carbons (Fsp3) is 0.857. The molecular weight excluding hydrogens is 214 g/mol. The molecule has 1 atom stereocenters. The molecular formula is C14H25NO2. The molecule has 0 aromatic heterocycles. The lowest BCUT2D eigenvalue weighted by molar-refractivity contribution is -0.125. The van der Waals surface area contributed by atoms with Crippen LogP contribution in [0.3, 0.4) is 0 Å². The Balaban J connectivity index is 2.71. The molecule has 98 valence electrons. The van der Waals surface area contributed by atoms with E-state index in [1.54, 1.807) is 0 Å². The summed E-state index contributed by atoms with van der Waals surface area (Å²) in [5, 5.41) is 3.54. The molecule has 1 saturated heterocycles. The van der Waals surface area contributed by atoms with Gasteiger partial charge in [-0.3, -0.25) is 0 Å². The molecule has 0 bridgehead atoms. The fourth-order valence-electron chi connectivity index (χ4n) is 2.48. The third-order valence-electron chi connectivity index (χ3n) is 3.37. The monoisotopic (exact) mass is 239 g/mol. The van der Waals surface area contributed by atoms with Gasteiger partial charge in [0.15, 0.2) is 0 Å². The van der Waals surface area contributed by atoms with Crippen LogP contribution in [0, 0.1) is 12.3 Å². The first kappa shape index (κ1) is 14.5. The van der Waals surface area contributed by atoms with Gasteiger partial charge in [-0.05, 0) is 19.9 Å². The fourth-order valence-corrected chi connectivity index (χ4v) is 2.48. The van der Waals surface area contributed by atoms with Crippen molar-refractivity contribution in [2.75, 3.05) is 26.4 Å². The average Bonchev–Trinajstić information content (AvgIpc) is 2.36. The van der Waals surface area contributed by atoms with Crippen molar-refractivity contribution in [2.24, 2.45) is 0 Å². The van der Waals surface area contributed by atoms with Gasteiger partial charge >= 0.3 is 0 Å². The normalized spacial score (nSPS) is 20.8. The van der Waals surface area contributed by atoms with Gasteiger partial charge in [-0.1, -0.05) is 6.92 Å². The zero-order valence-corrected chi connectivity index (χ0v) is 11.1. The second-order valence-corrected chi connectivity index (χ2v) is 4.53. The first-order valence-corrected chi connectivity index (χ1v) is 6.67. The van der Waals surface area contributed by atoms with Crippen LogP contribution in [0.5, 0.6) is 0 Å². The van der Waals surface area contributed by atoms with Crippen molar-refractivity contribution in [3.05, 3.63) is 0 Å². The van der Waals surface area contributed by atoms with Crippen molar-refractivity contribution in [2.45, 2.75) is 51.2 Å². The average molecular weight is 239 g/mol. The van der Waals surface area contributed by atoms with Crippen LogP contribution in [-0.4, -0.2) is 38.0 Å².